The zero-order chi connectivity index (χ0) is 21.3. The molecule has 0 spiro atoms. The van der Waals surface area contributed by atoms with Gasteiger partial charge in [-0.25, -0.2) is 0 Å². The zero-order valence-electron chi connectivity index (χ0n) is 15.9. The molecule has 0 fully saturated rings. The molecule has 0 atom stereocenters. The van der Waals surface area contributed by atoms with Crippen LogP contribution < -0.4 is 15.4 Å². The number of amides is 2. The monoisotopic (exact) mass is 463 g/mol. The second-order valence-corrected chi connectivity index (χ2v) is 7.24. The Morgan fingerprint density at radius 2 is 1.53 bits per heavy atom. The number of nitrogens with zero attached hydrogens (tertiary/aromatic N) is 1. The van der Waals surface area contributed by atoms with E-state index in [1.54, 1.807) is 60.7 Å². The van der Waals surface area contributed by atoms with E-state index in [-0.39, 0.29) is 18.4 Å². The summed E-state index contributed by atoms with van der Waals surface area (Å²) < 4.78 is 6.50. The fraction of sp³-hybridized carbons (Fsp3) is 0.0870. The summed E-state index contributed by atoms with van der Waals surface area (Å²) >= 11 is 3.34. The van der Waals surface area contributed by atoms with E-state index in [0.717, 1.165) is 10.0 Å². The number of hydrogen-bond acceptors (Lipinski definition) is 4. The fourth-order valence-corrected chi connectivity index (χ4v) is 2.91. The van der Waals surface area contributed by atoms with Gasteiger partial charge in [-0.3, -0.25) is 9.59 Å². The van der Waals surface area contributed by atoms with Gasteiger partial charge in [0.05, 0.1) is 18.1 Å². The highest BCUT2D eigenvalue weighted by Crippen LogP contribution is 2.20. The van der Waals surface area contributed by atoms with Gasteiger partial charge in [-0.05, 0) is 54.1 Å². The van der Waals surface area contributed by atoms with E-state index in [1.807, 2.05) is 12.1 Å². The van der Waals surface area contributed by atoms with Crippen molar-refractivity contribution in [2.24, 2.45) is 0 Å². The van der Waals surface area contributed by atoms with E-state index in [2.05, 4.69) is 32.6 Å². The number of hydrogen-bond donors (Lipinski definition) is 2. The molecule has 150 valence electrons. The maximum Gasteiger partial charge on any atom is 0.262 e. The van der Waals surface area contributed by atoms with Crippen LogP contribution in [0.5, 0.6) is 5.75 Å². The molecule has 0 heterocycles. The van der Waals surface area contributed by atoms with E-state index in [9.17, 15) is 9.59 Å². The molecule has 0 aliphatic rings. The number of anilines is 2. The molecular weight excluding hydrogens is 446 g/mol. The Kier molecular flexibility index (Phi) is 7.19. The Morgan fingerprint density at radius 1 is 0.900 bits per heavy atom. The van der Waals surface area contributed by atoms with Crippen molar-refractivity contribution in [1.82, 2.24) is 0 Å². The largest absolute Gasteiger partial charge is 0.483 e. The molecule has 3 rings (SSSR count). The van der Waals surface area contributed by atoms with Crippen LogP contribution in [0.3, 0.4) is 0 Å². The molecule has 30 heavy (non-hydrogen) atoms. The van der Waals surface area contributed by atoms with Crippen molar-refractivity contribution in [2.75, 3.05) is 17.2 Å². The highest BCUT2D eigenvalue weighted by Gasteiger charge is 2.14. The van der Waals surface area contributed by atoms with Crippen LogP contribution >= 0.6 is 15.9 Å². The summed E-state index contributed by atoms with van der Waals surface area (Å²) in [6.07, 6.45) is 0.313. The number of benzene rings is 3. The SMILES string of the molecule is N#CCc1ccc(NC(=O)c2ccccc2OCC(=O)Nc2ccc(Br)cc2)cc1. The number of rotatable bonds is 7. The van der Waals surface area contributed by atoms with Crippen molar-refractivity contribution in [3.8, 4) is 11.8 Å². The number of para-hydroxylation sites is 1. The van der Waals surface area contributed by atoms with Crippen LogP contribution in [0.1, 0.15) is 15.9 Å². The summed E-state index contributed by atoms with van der Waals surface area (Å²) in [5.41, 5.74) is 2.44. The lowest BCUT2D eigenvalue weighted by atomic mass is 10.1. The molecule has 3 aromatic rings. The minimum absolute atomic E-state index is 0.233. The topological polar surface area (TPSA) is 91.2 Å². The Hall–Kier alpha value is -3.63. The molecule has 6 nitrogen and oxygen atoms in total. The molecule has 0 bridgehead atoms. The standard InChI is InChI=1S/C23H18BrN3O3/c24-17-7-11-18(12-8-17)26-22(28)15-30-21-4-2-1-3-20(21)23(29)27-19-9-5-16(6-10-19)13-14-25/h1-12H,13,15H2,(H,26,28)(H,27,29). The van der Waals surface area contributed by atoms with Gasteiger partial charge in [0.15, 0.2) is 6.61 Å². The van der Waals surface area contributed by atoms with E-state index >= 15 is 0 Å². The van der Waals surface area contributed by atoms with Crippen molar-refractivity contribution in [2.45, 2.75) is 6.42 Å². The molecule has 0 aliphatic carbocycles. The van der Waals surface area contributed by atoms with Crippen LogP contribution in [-0.4, -0.2) is 18.4 Å². The van der Waals surface area contributed by atoms with Crippen LogP contribution in [-0.2, 0) is 11.2 Å². The number of nitriles is 1. The summed E-state index contributed by atoms with van der Waals surface area (Å²) in [6, 6.07) is 23.0. The van der Waals surface area contributed by atoms with Crippen LogP contribution in [0.2, 0.25) is 0 Å². The van der Waals surface area contributed by atoms with Gasteiger partial charge in [-0.15, -0.1) is 0 Å². The molecule has 0 unspecified atom stereocenters. The first-order chi connectivity index (χ1) is 14.5. The van der Waals surface area contributed by atoms with Gasteiger partial charge < -0.3 is 15.4 Å². The molecule has 7 heteroatoms. The second-order valence-electron chi connectivity index (χ2n) is 6.33. The van der Waals surface area contributed by atoms with Crippen LogP contribution in [0.4, 0.5) is 11.4 Å². The predicted molar refractivity (Wildman–Crippen MR) is 118 cm³/mol. The molecule has 0 aromatic heterocycles. The number of nitrogens with one attached hydrogen (secondary N) is 2. The molecule has 0 saturated carbocycles. The molecule has 2 amide bonds. The number of halogens is 1. The Labute approximate surface area is 182 Å². The van der Waals surface area contributed by atoms with Gasteiger partial charge in [0, 0.05) is 15.8 Å². The highest BCUT2D eigenvalue weighted by atomic mass is 79.9. The second kappa shape index (κ2) is 10.2. The molecule has 0 aliphatic heterocycles. The van der Waals surface area contributed by atoms with Crippen molar-refractivity contribution in [3.05, 3.63) is 88.4 Å². The summed E-state index contributed by atoms with van der Waals surface area (Å²) in [4.78, 5) is 24.8. The average molecular weight is 464 g/mol. The molecular formula is C23H18BrN3O3. The summed E-state index contributed by atoms with van der Waals surface area (Å²) in [7, 11) is 0. The number of carbonyl (C=O) groups excluding carboxylic acids is 2. The third-order valence-electron chi connectivity index (χ3n) is 4.11. The summed E-state index contributed by atoms with van der Waals surface area (Å²) in [6.45, 7) is -0.233. The zero-order valence-corrected chi connectivity index (χ0v) is 17.5. The van der Waals surface area contributed by atoms with Crippen molar-refractivity contribution >= 4 is 39.1 Å². The first-order valence-electron chi connectivity index (χ1n) is 9.09. The summed E-state index contributed by atoms with van der Waals surface area (Å²) in [5.74, 6) is -0.380. The fourth-order valence-electron chi connectivity index (χ4n) is 2.65. The van der Waals surface area contributed by atoms with Gasteiger partial charge in [0.25, 0.3) is 11.8 Å². The quantitative estimate of drug-likeness (QED) is 0.526. The van der Waals surface area contributed by atoms with Crippen molar-refractivity contribution < 1.29 is 14.3 Å². The van der Waals surface area contributed by atoms with Crippen LogP contribution in [0.25, 0.3) is 0 Å². The Bertz CT molecular complexity index is 1070. The smallest absolute Gasteiger partial charge is 0.262 e. The lowest BCUT2D eigenvalue weighted by Crippen LogP contribution is -2.21. The van der Waals surface area contributed by atoms with Crippen LogP contribution in [0, 0.1) is 11.3 Å². The van der Waals surface area contributed by atoms with Gasteiger partial charge in [-0.2, -0.15) is 5.26 Å². The third kappa shape index (κ3) is 5.93. The highest BCUT2D eigenvalue weighted by molar-refractivity contribution is 9.10. The number of ether oxygens (including phenoxy) is 1. The van der Waals surface area contributed by atoms with Crippen molar-refractivity contribution in [3.63, 3.8) is 0 Å². The van der Waals surface area contributed by atoms with Gasteiger partial charge in [0.2, 0.25) is 0 Å². The summed E-state index contributed by atoms with van der Waals surface area (Å²) in [5, 5.41) is 14.3. The van der Waals surface area contributed by atoms with E-state index < -0.39 is 0 Å². The average Bonchev–Trinajstić information content (AvgIpc) is 2.76. The van der Waals surface area contributed by atoms with Crippen LogP contribution in [0.15, 0.2) is 77.3 Å². The normalized spacial score (nSPS) is 10.0. The molecule has 0 saturated heterocycles. The maximum absolute atomic E-state index is 12.7. The first-order valence-corrected chi connectivity index (χ1v) is 9.89. The van der Waals surface area contributed by atoms with E-state index in [4.69, 9.17) is 10.00 Å². The third-order valence-corrected chi connectivity index (χ3v) is 4.64. The molecule has 3 aromatic carbocycles. The van der Waals surface area contributed by atoms with E-state index in [1.165, 1.54) is 0 Å². The number of carbonyl (C=O) groups is 2. The minimum Gasteiger partial charge on any atom is -0.483 e. The van der Waals surface area contributed by atoms with Gasteiger partial charge >= 0.3 is 0 Å². The first kappa shape index (κ1) is 21.1. The van der Waals surface area contributed by atoms with Gasteiger partial charge in [-0.1, -0.05) is 40.2 Å². The Morgan fingerprint density at radius 3 is 2.23 bits per heavy atom. The maximum atomic E-state index is 12.7. The predicted octanol–water partition coefficient (Wildman–Crippen LogP) is 4.78. The van der Waals surface area contributed by atoms with Gasteiger partial charge in [0.1, 0.15) is 5.75 Å². The molecule has 0 radical (unpaired) electrons. The lowest BCUT2D eigenvalue weighted by molar-refractivity contribution is -0.118. The minimum atomic E-state index is -0.355. The van der Waals surface area contributed by atoms with Crippen molar-refractivity contribution in [1.29, 1.82) is 5.26 Å². The lowest BCUT2D eigenvalue weighted by Gasteiger charge is -2.12. The van der Waals surface area contributed by atoms with E-state index in [0.29, 0.717) is 29.1 Å². The molecule has 2 N–H and O–H groups in total. The Balaban J connectivity index is 1.62.